The molecular formula is C27H38N4O3. The maximum absolute atomic E-state index is 13.3. The van der Waals surface area contributed by atoms with E-state index in [4.69, 9.17) is 4.74 Å². The summed E-state index contributed by atoms with van der Waals surface area (Å²) in [6, 6.07) is 7.58. The highest BCUT2D eigenvalue weighted by molar-refractivity contribution is 5.91. The number of nitrogens with one attached hydrogen (secondary N) is 2. The van der Waals surface area contributed by atoms with Gasteiger partial charge in [0.1, 0.15) is 5.75 Å². The van der Waals surface area contributed by atoms with E-state index in [0.717, 1.165) is 63.2 Å². The summed E-state index contributed by atoms with van der Waals surface area (Å²) in [6.07, 6.45) is 10.7. The van der Waals surface area contributed by atoms with E-state index in [2.05, 4.69) is 15.5 Å². The van der Waals surface area contributed by atoms with Gasteiger partial charge in [0, 0.05) is 31.7 Å². The van der Waals surface area contributed by atoms with E-state index in [1.165, 1.54) is 38.5 Å². The van der Waals surface area contributed by atoms with Gasteiger partial charge in [-0.25, -0.2) is 9.59 Å². The Morgan fingerprint density at radius 3 is 2.09 bits per heavy atom. The molecule has 2 aliphatic heterocycles. The molecule has 6 fully saturated rings. The molecule has 4 bridgehead atoms. The number of nitrogens with zero attached hydrogens (tertiary/aromatic N) is 2. The van der Waals surface area contributed by atoms with Gasteiger partial charge in [-0.2, -0.15) is 0 Å². The van der Waals surface area contributed by atoms with Crippen molar-refractivity contribution in [3.63, 3.8) is 0 Å². The van der Waals surface area contributed by atoms with Gasteiger partial charge in [0.25, 0.3) is 0 Å². The molecule has 2 saturated heterocycles. The molecule has 4 saturated carbocycles. The third-order valence-corrected chi connectivity index (χ3v) is 9.60. The number of ether oxygens (including phenoxy) is 1. The van der Waals surface area contributed by atoms with Crippen LogP contribution in [0.2, 0.25) is 0 Å². The van der Waals surface area contributed by atoms with E-state index in [1.807, 2.05) is 29.2 Å². The Balaban J connectivity index is 1.02. The van der Waals surface area contributed by atoms with Gasteiger partial charge in [-0.3, -0.25) is 0 Å². The van der Waals surface area contributed by atoms with Gasteiger partial charge in [0.15, 0.2) is 0 Å². The summed E-state index contributed by atoms with van der Waals surface area (Å²) >= 11 is 0. The standard InChI is InChI=1S/C27H38N4O3/c1-34-23-5-3-2-4-22(23)28-24(32)30-9-6-26(7-10-30)8-11-31(18-26)25(33)29-27-15-19-12-20(16-27)14-21(13-19)17-27/h2-5,19-21H,6-18H2,1H3,(H,28,32)(H,29,33). The topological polar surface area (TPSA) is 73.9 Å². The summed E-state index contributed by atoms with van der Waals surface area (Å²) in [7, 11) is 1.61. The zero-order chi connectivity index (χ0) is 23.3. The molecule has 0 aromatic heterocycles. The number of amides is 4. The molecule has 7 rings (SSSR count). The van der Waals surface area contributed by atoms with Gasteiger partial charge in [-0.05, 0) is 93.1 Å². The quantitative estimate of drug-likeness (QED) is 0.679. The van der Waals surface area contributed by atoms with E-state index in [1.54, 1.807) is 7.11 Å². The summed E-state index contributed by atoms with van der Waals surface area (Å²) in [5.41, 5.74) is 0.922. The van der Waals surface area contributed by atoms with Crippen molar-refractivity contribution in [1.29, 1.82) is 0 Å². The molecule has 2 N–H and O–H groups in total. The van der Waals surface area contributed by atoms with Crippen molar-refractivity contribution in [2.45, 2.75) is 63.3 Å². The Morgan fingerprint density at radius 2 is 1.47 bits per heavy atom. The number of rotatable bonds is 3. The molecular weight excluding hydrogens is 428 g/mol. The van der Waals surface area contributed by atoms with Crippen molar-refractivity contribution in [2.75, 3.05) is 38.6 Å². The van der Waals surface area contributed by atoms with Crippen LogP contribution >= 0.6 is 0 Å². The number of likely N-dealkylation sites (tertiary alicyclic amines) is 2. The first-order valence-corrected chi connectivity index (χ1v) is 13.2. The zero-order valence-corrected chi connectivity index (χ0v) is 20.4. The van der Waals surface area contributed by atoms with Gasteiger partial charge in [-0.15, -0.1) is 0 Å². The molecule has 6 aliphatic rings. The Morgan fingerprint density at radius 1 is 0.882 bits per heavy atom. The summed E-state index contributed by atoms with van der Waals surface area (Å²) in [5.74, 6) is 3.18. The minimum atomic E-state index is -0.0752. The molecule has 0 atom stereocenters. The van der Waals surface area contributed by atoms with Crippen LogP contribution in [0.15, 0.2) is 24.3 Å². The van der Waals surface area contributed by atoms with Crippen molar-refractivity contribution >= 4 is 17.7 Å². The fraction of sp³-hybridized carbons (Fsp3) is 0.704. The number of methoxy groups -OCH3 is 1. The van der Waals surface area contributed by atoms with Crippen molar-refractivity contribution in [3.05, 3.63) is 24.3 Å². The maximum atomic E-state index is 13.3. The van der Waals surface area contributed by atoms with Crippen molar-refractivity contribution < 1.29 is 14.3 Å². The molecule has 184 valence electrons. The number of carbonyl (C=O) groups is 2. The smallest absolute Gasteiger partial charge is 0.321 e. The minimum absolute atomic E-state index is 0.0710. The fourth-order valence-electron chi connectivity index (χ4n) is 8.21. The van der Waals surface area contributed by atoms with Gasteiger partial charge in [-0.1, -0.05) is 12.1 Å². The number of para-hydroxylation sites is 2. The summed E-state index contributed by atoms with van der Waals surface area (Å²) < 4.78 is 5.35. The molecule has 7 nitrogen and oxygen atoms in total. The van der Waals surface area contributed by atoms with E-state index < -0.39 is 0 Å². The van der Waals surface area contributed by atoms with Crippen LogP contribution in [0.5, 0.6) is 5.75 Å². The van der Waals surface area contributed by atoms with Gasteiger partial charge in [0.05, 0.1) is 12.8 Å². The molecule has 34 heavy (non-hydrogen) atoms. The molecule has 0 unspecified atom stereocenters. The molecule has 1 spiro atoms. The number of urea groups is 2. The van der Waals surface area contributed by atoms with E-state index in [-0.39, 0.29) is 23.0 Å². The first kappa shape index (κ1) is 22.1. The Kier molecular flexibility index (Phi) is 5.41. The Hall–Kier alpha value is -2.44. The lowest BCUT2D eigenvalue weighted by Crippen LogP contribution is -2.61. The summed E-state index contributed by atoms with van der Waals surface area (Å²) in [6.45, 7) is 3.12. The van der Waals surface area contributed by atoms with Gasteiger partial charge in [0.2, 0.25) is 0 Å². The minimum Gasteiger partial charge on any atom is -0.495 e. The van der Waals surface area contributed by atoms with Gasteiger partial charge >= 0.3 is 12.1 Å². The average Bonchev–Trinajstić information content (AvgIpc) is 3.22. The normalized spacial score (nSPS) is 33.3. The number of carbonyl (C=O) groups excluding carboxylic acids is 2. The van der Waals surface area contributed by atoms with E-state index in [0.29, 0.717) is 11.4 Å². The van der Waals surface area contributed by atoms with Crippen LogP contribution in [0.3, 0.4) is 0 Å². The lowest BCUT2D eigenvalue weighted by Gasteiger charge is -2.57. The second-order valence-corrected chi connectivity index (χ2v) is 11.9. The Bertz CT molecular complexity index is 920. The number of anilines is 1. The second kappa shape index (κ2) is 8.35. The molecule has 4 aliphatic carbocycles. The third kappa shape index (κ3) is 4.01. The number of hydrogen-bond acceptors (Lipinski definition) is 3. The second-order valence-electron chi connectivity index (χ2n) is 11.9. The highest BCUT2D eigenvalue weighted by Gasteiger charge is 2.52. The predicted molar refractivity (Wildman–Crippen MR) is 131 cm³/mol. The summed E-state index contributed by atoms with van der Waals surface area (Å²) in [4.78, 5) is 30.1. The molecule has 7 heteroatoms. The first-order valence-electron chi connectivity index (χ1n) is 13.2. The number of benzene rings is 1. The van der Waals surface area contributed by atoms with E-state index >= 15 is 0 Å². The van der Waals surface area contributed by atoms with Crippen LogP contribution in [0, 0.1) is 23.2 Å². The summed E-state index contributed by atoms with van der Waals surface area (Å²) in [5, 5.41) is 6.55. The van der Waals surface area contributed by atoms with Crippen molar-refractivity contribution in [1.82, 2.24) is 15.1 Å². The highest BCUT2D eigenvalue weighted by atomic mass is 16.5. The van der Waals surface area contributed by atoms with Crippen molar-refractivity contribution in [2.24, 2.45) is 23.2 Å². The fourth-order valence-corrected chi connectivity index (χ4v) is 8.21. The zero-order valence-electron chi connectivity index (χ0n) is 20.4. The Labute approximate surface area is 202 Å². The van der Waals surface area contributed by atoms with Crippen LogP contribution in [0.1, 0.15) is 57.8 Å². The third-order valence-electron chi connectivity index (χ3n) is 9.60. The monoisotopic (exact) mass is 466 g/mol. The first-order chi connectivity index (χ1) is 16.4. The SMILES string of the molecule is COc1ccccc1NC(=O)N1CCC2(CC1)CCN(C(=O)NC13CC4CC(CC(C4)C1)C3)C2. The average molecular weight is 467 g/mol. The van der Waals surface area contributed by atoms with E-state index in [9.17, 15) is 9.59 Å². The van der Waals surface area contributed by atoms with Crippen LogP contribution < -0.4 is 15.4 Å². The lowest BCUT2D eigenvalue weighted by molar-refractivity contribution is -0.0155. The molecule has 0 radical (unpaired) electrons. The molecule has 4 amide bonds. The van der Waals surface area contributed by atoms with Crippen LogP contribution in [0.4, 0.5) is 15.3 Å². The molecule has 2 heterocycles. The predicted octanol–water partition coefficient (Wildman–Crippen LogP) is 4.69. The maximum Gasteiger partial charge on any atom is 0.321 e. The van der Waals surface area contributed by atoms with Gasteiger partial charge < -0.3 is 25.2 Å². The number of hydrogen-bond donors (Lipinski definition) is 2. The molecule has 1 aromatic rings. The number of piperidine rings is 1. The molecule has 1 aromatic carbocycles. The highest BCUT2D eigenvalue weighted by Crippen LogP contribution is 2.55. The van der Waals surface area contributed by atoms with Crippen LogP contribution in [0.25, 0.3) is 0 Å². The van der Waals surface area contributed by atoms with Crippen LogP contribution in [-0.2, 0) is 0 Å². The van der Waals surface area contributed by atoms with Crippen LogP contribution in [-0.4, -0.2) is 60.7 Å². The largest absolute Gasteiger partial charge is 0.495 e. The lowest BCUT2D eigenvalue weighted by atomic mass is 9.53. The van der Waals surface area contributed by atoms with Crippen molar-refractivity contribution in [3.8, 4) is 5.75 Å².